The molecule has 0 aromatic heterocycles. The fourth-order valence-corrected chi connectivity index (χ4v) is 2.15. The van der Waals surface area contributed by atoms with E-state index in [-0.39, 0.29) is 11.9 Å². The minimum atomic E-state index is -0.851. The molecule has 0 aliphatic carbocycles. The van der Waals surface area contributed by atoms with Crippen molar-refractivity contribution in [3.8, 4) is 0 Å². The monoisotopic (exact) mass is 318 g/mol. The van der Waals surface area contributed by atoms with Crippen LogP contribution in [-0.2, 0) is 17.8 Å². The van der Waals surface area contributed by atoms with E-state index < -0.39 is 11.6 Å². The van der Waals surface area contributed by atoms with E-state index in [1.807, 2.05) is 38.1 Å². The molecule has 2 N–H and O–H groups in total. The van der Waals surface area contributed by atoms with Crippen molar-refractivity contribution < 1.29 is 13.6 Å². The van der Waals surface area contributed by atoms with Crippen molar-refractivity contribution >= 4 is 11.6 Å². The second-order valence-electron chi connectivity index (χ2n) is 5.70. The van der Waals surface area contributed by atoms with Gasteiger partial charge in [0.15, 0.2) is 11.6 Å². The maximum Gasteiger partial charge on any atom is 0.224 e. The summed E-state index contributed by atoms with van der Waals surface area (Å²) in [5, 5.41) is 5.97. The topological polar surface area (TPSA) is 41.1 Å². The summed E-state index contributed by atoms with van der Waals surface area (Å²) in [6, 6.07) is 11.4. The van der Waals surface area contributed by atoms with E-state index in [1.54, 1.807) is 0 Å². The first-order valence-electron chi connectivity index (χ1n) is 7.50. The number of hydrogen-bond acceptors (Lipinski definition) is 2. The van der Waals surface area contributed by atoms with E-state index in [9.17, 15) is 13.6 Å². The van der Waals surface area contributed by atoms with E-state index >= 15 is 0 Å². The zero-order valence-corrected chi connectivity index (χ0v) is 13.2. The van der Waals surface area contributed by atoms with Gasteiger partial charge >= 0.3 is 0 Å². The van der Waals surface area contributed by atoms with E-state index in [0.717, 1.165) is 17.3 Å². The third-order valence-electron chi connectivity index (χ3n) is 3.25. The van der Waals surface area contributed by atoms with Crippen LogP contribution in [0.4, 0.5) is 14.5 Å². The first-order valence-corrected chi connectivity index (χ1v) is 7.50. The Balaban J connectivity index is 1.89. The van der Waals surface area contributed by atoms with Gasteiger partial charge in [-0.25, -0.2) is 8.78 Å². The van der Waals surface area contributed by atoms with E-state index in [1.165, 1.54) is 12.1 Å². The predicted octanol–water partition coefficient (Wildman–Crippen LogP) is 3.64. The van der Waals surface area contributed by atoms with E-state index in [0.29, 0.717) is 18.5 Å². The number of amides is 1. The molecule has 0 atom stereocenters. The van der Waals surface area contributed by atoms with Crippen LogP contribution in [0.1, 0.15) is 25.0 Å². The van der Waals surface area contributed by atoms with Gasteiger partial charge in [0.2, 0.25) is 5.91 Å². The van der Waals surface area contributed by atoms with Crippen molar-refractivity contribution in [2.24, 2.45) is 0 Å². The molecule has 0 aliphatic rings. The highest BCUT2D eigenvalue weighted by Crippen LogP contribution is 2.13. The molecule has 122 valence electrons. The molecule has 2 rings (SSSR count). The lowest BCUT2D eigenvalue weighted by Gasteiger charge is -2.10. The van der Waals surface area contributed by atoms with Crippen LogP contribution in [0.15, 0.2) is 42.5 Å². The van der Waals surface area contributed by atoms with Gasteiger partial charge in [0.05, 0.1) is 6.42 Å². The average molecular weight is 318 g/mol. The van der Waals surface area contributed by atoms with Gasteiger partial charge in [-0.2, -0.15) is 0 Å². The predicted molar refractivity (Wildman–Crippen MR) is 87.1 cm³/mol. The second-order valence-corrected chi connectivity index (χ2v) is 5.70. The molecule has 3 nitrogen and oxygen atoms in total. The number of halogens is 2. The fraction of sp³-hybridized carbons (Fsp3) is 0.278. The summed E-state index contributed by atoms with van der Waals surface area (Å²) in [6.45, 7) is 4.23. The van der Waals surface area contributed by atoms with Gasteiger partial charge in [0.25, 0.3) is 0 Å². The first kappa shape index (κ1) is 16.9. The van der Waals surface area contributed by atoms with Crippen molar-refractivity contribution in [1.29, 1.82) is 0 Å². The summed E-state index contributed by atoms with van der Waals surface area (Å²) in [4.78, 5) is 11.7. The van der Waals surface area contributed by atoms with Crippen LogP contribution in [0.3, 0.4) is 0 Å². The fourth-order valence-electron chi connectivity index (χ4n) is 2.15. The highest BCUT2D eigenvalue weighted by molar-refractivity contribution is 5.78. The third kappa shape index (κ3) is 5.36. The van der Waals surface area contributed by atoms with E-state index in [4.69, 9.17) is 0 Å². The van der Waals surface area contributed by atoms with Crippen molar-refractivity contribution in [2.45, 2.75) is 32.9 Å². The van der Waals surface area contributed by atoms with Gasteiger partial charge in [0, 0.05) is 18.3 Å². The minimum Gasteiger partial charge on any atom is -0.381 e. The van der Waals surface area contributed by atoms with Crippen LogP contribution < -0.4 is 10.6 Å². The zero-order valence-electron chi connectivity index (χ0n) is 13.2. The maximum absolute atomic E-state index is 13.1. The maximum atomic E-state index is 13.1. The van der Waals surface area contributed by atoms with Crippen LogP contribution >= 0.6 is 0 Å². The molecule has 0 fully saturated rings. The first-order chi connectivity index (χ1) is 10.9. The summed E-state index contributed by atoms with van der Waals surface area (Å²) in [5.74, 6) is -1.71. The summed E-state index contributed by atoms with van der Waals surface area (Å²) >= 11 is 0. The molecule has 23 heavy (non-hydrogen) atoms. The molecule has 5 heteroatoms. The van der Waals surface area contributed by atoms with Crippen LogP contribution in [0.2, 0.25) is 0 Å². The van der Waals surface area contributed by atoms with Crippen molar-refractivity contribution in [1.82, 2.24) is 5.32 Å². The molecule has 0 saturated carbocycles. The minimum absolute atomic E-state index is 0.0116. The van der Waals surface area contributed by atoms with Gasteiger partial charge in [-0.1, -0.05) is 18.2 Å². The number of carbonyl (C=O) groups excluding carboxylic acids is 1. The van der Waals surface area contributed by atoms with Gasteiger partial charge in [-0.3, -0.25) is 4.79 Å². The molecule has 0 bridgehead atoms. The number of nitrogens with one attached hydrogen (secondary N) is 2. The Bertz CT molecular complexity index is 669. The Morgan fingerprint density at radius 3 is 2.26 bits per heavy atom. The third-order valence-corrected chi connectivity index (χ3v) is 3.25. The summed E-state index contributed by atoms with van der Waals surface area (Å²) in [6.07, 6.45) is 0.335. The summed E-state index contributed by atoms with van der Waals surface area (Å²) in [7, 11) is 0. The SMILES string of the molecule is CC(C)NC(=O)Cc1ccc(NCc2ccc(F)c(F)c2)cc1. The van der Waals surface area contributed by atoms with Gasteiger partial charge in [-0.15, -0.1) is 0 Å². The lowest BCUT2D eigenvalue weighted by molar-refractivity contribution is -0.120. The lowest BCUT2D eigenvalue weighted by atomic mass is 10.1. The zero-order chi connectivity index (χ0) is 16.8. The van der Waals surface area contributed by atoms with Gasteiger partial charge < -0.3 is 10.6 Å². The molecular formula is C18H20F2N2O. The highest BCUT2D eigenvalue weighted by Gasteiger charge is 2.05. The molecule has 0 radical (unpaired) electrons. The standard InChI is InChI=1S/C18H20F2N2O/c1-12(2)22-18(23)10-13-3-6-15(7-4-13)21-11-14-5-8-16(19)17(20)9-14/h3-9,12,21H,10-11H2,1-2H3,(H,22,23). The molecule has 0 saturated heterocycles. The van der Waals surface area contributed by atoms with Gasteiger partial charge in [-0.05, 0) is 49.2 Å². The molecule has 0 spiro atoms. The summed E-state index contributed by atoms with van der Waals surface area (Å²) < 4.78 is 26.0. The number of hydrogen-bond donors (Lipinski definition) is 2. The molecule has 0 aliphatic heterocycles. The molecule has 2 aromatic carbocycles. The largest absolute Gasteiger partial charge is 0.381 e. The Morgan fingerprint density at radius 1 is 1.00 bits per heavy atom. The van der Waals surface area contributed by atoms with Crippen LogP contribution in [-0.4, -0.2) is 11.9 Å². The second kappa shape index (κ2) is 7.72. The quantitative estimate of drug-likeness (QED) is 0.854. The molecule has 2 aromatic rings. The Kier molecular flexibility index (Phi) is 5.68. The molecular weight excluding hydrogens is 298 g/mol. The number of carbonyl (C=O) groups is 1. The van der Waals surface area contributed by atoms with Crippen molar-refractivity contribution in [2.75, 3.05) is 5.32 Å². The van der Waals surface area contributed by atoms with Crippen LogP contribution in [0.5, 0.6) is 0 Å². The van der Waals surface area contributed by atoms with Crippen LogP contribution in [0.25, 0.3) is 0 Å². The Hall–Kier alpha value is -2.43. The molecule has 0 unspecified atom stereocenters. The van der Waals surface area contributed by atoms with Crippen molar-refractivity contribution in [3.63, 3.8) is 0 Å². The Labute approximate surface area is 134 Å². The Morgan fingerprint density at radius 2 is 1.65 bits per heavy atom. The lowest BCUT2D eigenvalue weighted by Crippen LogP contribution is -2.31. The average Bonchev–Trinajstić information content (AvgIpc) is 2.49. The molecule has 1 amide bonds. The highest BCUT2D eigenvalue weighted by atomic mass is 19.2. The number of benzene rings is 2. The normalized spacial score (nSPS) is 10.7. The molecule has 0 heterocycles. The number of rotatable bonds is 6. The smallest absolute Gasteiger partial charge is 0.224 e. The summed E-state index contributed by atoms with van der Waals surface area (Å²) in [5.41, 5.74) is 2.42. The van der Waals surface area contributed by atoms with Gasteiger partial charge in [0.1, 0.15) is 0 Å². The van der Waals surface area contributed by atoms with Crippen LogP contribution in [0, 0.1) is 11.6 Å². The van der Waals surface area contributed by atoms with E-state index in [2.05, 4.69) is 10.6 Å². The van der Waals surface area contributed by atoms with Crippen molar-refractivity contribution in [3.05, 3.63) is 65.2 Å². The number of anilines is 1.